The molecule has 1 aromatic carbocycles. The standard InChI is InChI=1S/C16H22N2O2/c1-3-7-18-10-12(5-4-6-17)14-8-11(2)13(16(19)20)9-15(14)18/h8-10H,3-7,17H2,1-2H3,(H,19,20). The number of hydrogen-bond donors (Lipinski definition) is 2. The van der Waals surface area contributed by atoms with E-state index in [-0.39, 0.29) is 0 Å². The summed E-state index contributed by atoms with van der Waals surface area (Å²) in [6.45, 7) is 5.55. The van der Waals surface area contributed by atoms with Gasteiger partial charge in [0.1, 0.15) is 0 Å². The highest BCUT2D eigenvalue weighted by molar-refractivity contribution is 5.96. The molecule has 3 N–H and O–H groups in total. The Labute approximate surface area is 119 Å². The molecule has 2 rings (SSSR count). The molecular weight excluding hydrogens is 252 g/mol. The summed E-state index contributed by atoms with van der Waals surface area (Å²) in [7, 11) is 0. The molecule has 0 aliphatic carbocycles. The van der Waals surface area contributed by atoms with Crippen molar-refractivity contribution in [3.63, 3.8) is 0 Å². The maximum Gasteiger partial charge on any atom is 0.336 e. The molecule has 0 aliphatic rings. The third-order valence-electron chi connectivity index (χ3n) is 3.65. The van der Waals surface area contributed by atoms with Crippen LogP contribution < -0.4 is 5.73 Å². The molecule has 108 valence electrons. The Morgan fingerprint density at radius 1 is 1.40 bits per heavy atom. The van der Waals surface area contributed by atoms with E-state index in [0.717, 1.165) is 42.3 Å². The van der Waals surface area contributed by atoms with Gasteiger partial charge < -0.3 is 15.4 Å². The van der Waals surface area contributed by atoms with Crippen LogP contribution in [0.4, 0.5) is 0 Å². The van der Waals surface area contributed by atoms with Gasteiger partial charge in [0.2, 0.25) is 0 Å². The van der Waals surface area contributed by atoms with Crippen molar-refractivity contribution in [3.05, 3.63) is 35.0 Å². The molecule has 0 unspecified atom stereocenters. The molecular formula is C16H22N2O2. The number of aryl methyl sites for hydroxylation is 3. The lowest BCUT2D eigenvalue weighted by Crippen LogP contribution is -2.01. The van der Waals surface area contributed by atoms with Crippen LogP contribution >= 0.6 is 0 Å². The number of carboxylic acid groups (broad SMARTS) is 1. The number of hydrogen-bond acceptors (Lipinski definition) is 2. The van der Waals surface area contributed by atoms with E-state index in [4.69, 9.17) is 5.73 Å². The number of rotatable bonds is 6. The van der Waals surface area contributed by atoms with Gasteiger partial charge in [0.05, 0.1) is 5.56 Å². The van der Waals surface area contributed by atoms with Gasteiger partial charge >= 0.3 is 5.97 Å². The van der Waals surface area contributed by atoms with Crippen LogP contribution in [0.3, 0.4) is 0 Å². The number of carboxylic acids is 1. The Balaban J connectivity index is 2.59. The predicted molar refractivity (Wildman–Crippen MR) is 81.3 cm³/mol. The quantitative estimate of drug-likeness (QED) is 0.851. The highest BCUT2D eigenvalue weighted by Gasteiger charge is 2.14. The minimum atomic E-state index is -0.864. The summed E-state index contributed by atoms with van der Waals surface area (Å²) in [6, 6.07) is 3.80. The van der Waals surface area contributed by atoms with Crippen molar-refractivity contribution < 1.29 is 9.90 Å². The first-order valence-electron chi connectivity index (χ1n) is 7.14. The molecule has 1 heterocycles. The van der Waals surface area contributed by atoms with Gasteiger partial charge in [-0.1, -0.05) is 6.92 Å². The van der Waals surface area contributed by atoms with E-state index in [1.807, 2.05) is 13.0 Å². The topological polar surface area (TPSA) is 68.2 Å². The number of carbonyl (C=O) groups is 1. The normalized spacial score (nSPS) is 11.2. The molecule has 2 aromatic rings. The van der Waals surface area contributed by atoms with Gasteiger partial charge in [0, 0.05) is 23.6 Å². The van der Waals surface area contributed by atoms with Crippen molar-refractivity contribution in [1.82, 2.24) is 4.57 Å². The van der Waals surface area contributed by atoms with Crippen molar-refractivity contribution in [2.45, 2.75) is 39.7 Å². The Morgan fingerprint density at radius 3 is 2.75 bits per heavy atom. The number of nitrogens with zero attached hydrogens (tertiary/aromatic N) is 1. The minimum Gasteiger partial charge on any atom is -0.478 e. The van der Waals surface area contributed by atoms with E-state index in [1.54, 1.807) is 6.07 Å². The largest absolute Gasteiger partial charge is 0.478 e. The first-order chi connectivity index (χ1) is 9.58. The molecule has 0 radical (unpaired) electrons. The van der Waals surface area contributed by atoms with Crippen molar-refractivity contribution in [2.24, 2.45) is 5.73 Å². The summed E-state index contributed by atoms with van der Waals surface area (Å²) in [5.41, 5.74) is 9.07. The van der Waals surface area contributed by atoms with E-state index in [0.29, 0.717) is 12.1 Å². The zero-order chi connectivity index (χ0) is 14.7. The average Bonchev–Trinajstić information content (AvgIpc) is 2.73. The molecule has 0 spiro atoms. The van der Waals surface area contributed by atoms with Gasteiger partial charge in [-0.15, -0.1) is 0 Å². The minimum absolute atomic E-state index is 0.387. The molecule has 0 atom stereocenters. The fourth-order valence-electron chi connectivity index (χ4n) is 2.67. The smallest absolute Gasteiger partial charge is 0.336 e. The van der Waals surface area contributed by atoms with Crippen LogP contribution in [-0.4, -0.2) is 22.2 Å². The third kappa shape index (κ3) is 2.70. The van der Waals surface area contributed by atoms with Crippen LogP contribution in [0.5, 0.6) is 0 Å². The monoisotopic (exact) mass is 274 g/mol. The highest BCUT2D eigenvalue weighted by Crippen LogP contribution is 2.26. The molecule has 0 amide bonds. The first kappa shape index (κ1) is 14.6. The lowest BCUT2D eigenvalue weighted by atomic mass is 10.0. The van der Waals surface area contributed by atoms with Gasteiger partial charge in [-0.05, 0) is 56.0 Å². The Morgan fingerprint density at radius 2 is 2.15 bits per heavy atom. The highest BCUT2D eigenvalue weighted by atomic mass is 16.4. The van der Waals surface area contributed by atoms with E-state index in [9.17, 15) is 9.90 Å². The third-order valence-corrected chi connectivity index (χ3v) is 3.65. The van der Waals surface area contributed by atoms with Crippen molar-refractivity contribution in [1.29, 1.82) is 0 Å². The van der Waals surface area contributed by atoms with Crippen molar-refractivity contribution >= 4 is 16.9 Å². The van der Waals surface area contributed by atoms with Gasteiger partial charge in [-0.25, -0.2) is 4.79 Å². The van der Waals surface area contributed by atoms with Gasteiger partial charge in [-0.2, -0.15) is 0 Å². The Hall–Kier alpha value is -1.81. The lowest BCUT2D eigenvalue weighted by Gasteiger charge is -2.06. The second kappa shape index (κ2) is 6.09. The number of aromatic nitrogens is 1. The maximum absolute atomic E-state index is 11.3. The molecule has 0 aliphatic heterocycles. The number of fused-ring (bicyclic) bond motifs is 1. The summed E-state index contributed by atoms with van der Waals surface area (Å²) in [5.74, 6) is -0.864. The number of nitrogens with two attached hydrogens (primary N) is 1. The Kier molecular flexibility index (Phi) is 4.45. The summed E-state index contributed by atoms with van der Waals surface area (Å²) in [4.78, 5) is 11.3. The summed E-state index contributed by atoms with van der Waals surface area (Å²) in [6.07, 6.45) is 5.06. The van der Waals surface area contributed by atoms with Crippen LogP contribution in [0.25, 0.3) is 10.9 Å². The van der Waals surface area contributed by atoms with E-state index >= 15 is 0 Å². The molecule has 0 saturated carbocycles. The Bertz CT molecular complexity index is 629. The fraction of sp³-hybridized carbons (Fsp3) is 0.438. The van der Waals surface area contributed by atoms with E-state index in [1.165, 1.54) is 5.56 Å². The number of aromatic carboxylic acids is 1. The molecule has 0 bridgehead atoms. The van der Waals surface area contributed by atoms with E-state index in [2.05, 4.69) is 17.7 Å². The van der Waals surface area contributed by atoms with Gasteiger partial charge in [-0.3, -0.25) is 0 Å². The molecule has 4 nitrogen and oxygen atoms in total. The molecule has 20 heavy (non-hydrogen) atoms. The van der Waals surface area contributed by atoms with Crippen LogP contribution in [0.1, 0.15) is 41.3 Å². The van der Waals surface area contributed by atoms with E-state index < -0.39 is 5.97 Å². The summed E-state index contributed by atoms with van der Waals surface area (Å²) in [5, 5.41) is 10.4. The van der Waals surface area contributed by atoms with Crippen molar-refractivity contribution in [2.75, 3.05) is 6.54 Å². The van der Waals surface area contributed by atoms with Crippen LogP contribution in [0.2, 0.25) is 0 Å². The molecule has 1 aromatic heterocycles. The molecule has 0 saturated heterocycles. The predicted octanol–water partition coefficient (Wildman–Crippen LogP) is 2.95. The van der Waals surface area contributed by atoms with Crippen molar-refractivity contribution in [3.8, 4) is 0 Å². The zero-order valence-corrected chi connectivity index (χ0v) is 12.1. The summed E-state index contributed by atoms with van der Waals surface area (Å²) >= 11 is 0. The van der Waals surface area contributed by atoms with Gasteiger partial charge in [0.15, 0.2) is 0 Å². The van der Waals surface area contributed by atoms with Gasteiger partial charge in [0.25, 0.3) is 0 Å². The number of benzene rings is 1. The zero-order valence-electron chi connectivity index (χ0n) is 12.1. The average molecular weight is 274 g/mol. The SMILES string of the molecule is CCCn1cc(CCCN)c2cc(C)c(C(=O)O)cc21. The lowest BCUT2D eigenvalue weighted by molar-refractivity contribution is 0.0696. The first-order valence-corrected chi connectivity index (χ1v) is 7.14. The second-order valence-corrected chi connectivity index (χ2v) is 5.23. The fourth-order valence-corrected chi connectivity index (χ4v) is 2.67. The molecule has 0 fully saturated rings. The van der Waals surface area contributed by atoms with Crippen LogP contribution in [0, 0.1) is 6.92 Å². The second-order valence-electron chi connectivity index (χ2n) is 5.23. The molecule has 4 heteroatoms. The summed E-state index contributed by atoms with van der Waals surface area (Å²) < 4.78 is 2.16. The van der Waals surface area contributed by atoms with Crippen LogP contribution in [-0.2, 0) is 13.0 Å². The maximum atomic E-state index is 11.3. The van der Waals surface area contributed by atoms with Crippen LogP contribution in [0.15, 0.2) is 18.3 Å².